The van der Waals surface area contributed by atoms with Crippen molar-refractivity contribution in [3.63, 3.8) is 0 Å². The molecule has 1 aromatic carbocycles. The Morgan fingerprint density at radius 3 is 2.87 bits per heavy atom. The van der Waals surface area contributed by atoms with Crippen LogP contribution in [0.4, 0.5) is 5.69 Å². The van der Waals surface area contributed by atoms with Crippen molar-refractivity contribution >= 4 is 12.0 Å². The van der Waals surface area contributed by atoms with Crippen molar-refractivity contribution in [2.24, 2.45) is 0 Å². The highest BCUT2D eigenvalue weighted by atomic mass is 16.1. The van der Waals surface area contributed by atoms with Crippen molar-refractivity contribution in [1.82, 2.24) is 5.32 Å². The van der Waals surface area contributed by atoms with E-state index in [0.717, 1.165) is 38.0 Å². The zero-order valence-electron chi connectivity index (χ0n) is 8.78. The summed E-state index contributed by atoms with van der Waals surface area (Å²) in [5.74, 6) is 0. The van der Waals surface area contributed by atoms with Crippen LogP contribution < -0.4 is 10.2 Å². The van der Waals surface area contributed by atoms with Gasteiger partial charge in [-0.15, -0.1) is 0 Å². The van der Waals surface area contributed by atoms with Crippen LogP contribution in [0.3, 0.4) is 0 Å². The molecule has 1 aliphatic heterocycles. The van der Waals surface area contributed by atoms with Crippen LogP contribution in [0.15, 0.2) is 24.3 Å². The van der Waals surface area contributed by atoms with Crippen LogP contribution >= 0.6 is 0 Å². The maximum Gasteiger partial charge on any atom is 0.124 e. The first-order valence-electron chi connectivity index (χ1n) is 5.38. The van der Waals surface area contributed by atoms with Crippen molar-refractivity contribution < 1.29 is 4.79 Å². The Bertz CT molecular complexity index is 332. The monoisotopic (exact) mass is 204 g/mol. The summed E-state index contributed by atoms with van der Waals surface area (Å²) in [6.07, 6.45) is 1.47. The lowest BCUT2D eigenvalue weighted by molar-refractivity contribution is -0.107. The largest absolute Gasteiger partial charge is 0.369 e. The SMILES string of the molecule is O=CCc1cccc(N2CCNCC2)c1. The minimum atomic E-state index is 0.514. The predicted octanol–water partition coefficient (Wildman–Crippen LogP) is 0.838. The maximum absolute atomic E-state index is 10.4. The Labute approximate surface area is 90.1 Å². The van der Waals surface area contributed by atoms with E-state index in [1.54, 1.807) is 0 Å². The van der Waals surface area contributed by atoms with Gasteiger partial charge in [-0.25, -0.2) is 0 Å². The first-order chi connectivity index (χ1) is 7.40. The number of rotatable bonds is 3. The number of piperazine rings is 1. The number of anilines is 1. The van der Waals surface area contributed by atoms with Crippen molar-refractivity contribution in [2.45, 2.75) is 6.42 Å². The number of benzene rings is 1. The summed E-state index contributed by atoms with van der Waals surface area (Å²) in [5, 5.41) is 3.33. The summed E-state index contributed by atoms with van der Waals surface area (Å²) in [7, 11) is 0. The molecule has 1 aromatic rings. The molecule has 3 heteroatoms. The lowest BCUT2D eigenvalue weighted by Crippen LogP contribution is -2.43. The van der Waals surface area contributed by atoms with Gasteiger partial charge in [0, 0.05) is 38.3 Å². The molecule has 15 heavy (non-hydrogen) atoms. The van der Waals surface area contributed by atoms with Gasteiger partial charge in [-0.1, -0.05) is 12.1 Å². The lowest BCUT2D eigenvalue weighted by atomic mass is 10.1. The molecule has 1 saturated heterocycles. The second-order valence-corrected chi connectivity index (χ2v) is 3.78. The minimum Gasteiger partial charge on any atom is -0.369 e. The van der Waals surface area contributed by atoms with Crippen LogP contribution in [0.25, 0.3) is 0 Å². The maximum atomic E-state index is 10.4. The fourth-order valence-corrected chi connectivity index (χ4v) is 1.90. The Balaban J connectivity index is 2.12. The summed E-state index contributed by atoms with van der Waals surface area (Å²) in [6.45, 7) is 4.17. The minimum absolute atomic E-state index is 0.514. The van der Waals surface area contributed by atoms with Crippen molar-refractivity contribution in [2.75, 3.05) is 31.1 Å². The molecular weight excluding hydrogens is 188 g/mol. The van der Waals surface area contributed by atoms with Gasteiger partial charge in [0.05, 0.1) is 0 Å². The van der Waals surface area contributed by atoms with Gasteiger partial charge in [-0.05, 0) is 17.7 Å². The highest BCUT2D eigenvalue weighted by molar-refractivity contribution is 5.58. The number of aldehydes is 1. The van der Waals surface area contributed by atoms with Gasteiger partial charge in [0.1, 0.15) is 6.29 Å². The third kappa shape index (κ3) is 2.57. The molecular formula is C12H16N2O. The van der Waals surface area contributed by atoms with E-state index in [1.807, 2.05) is 12.1 Å². The molecule has 0 aliphatic carbocycles. The average Bonchev–Trinajstić information content (AvgIpc) is 2.31. The Morgan fingerprint density at radius 1 is 1.33 bits per heavy atom. The standard InChI is InChI=1S/C12H16N2O/c15-9-4-11-2-1-3-12(10-11)14-7-5-13-6-8-14/h1-3,9-10,13H,4-8H2. The summed E-state index contributed by atoms with van der Waals surface area (Å²) in [4.78, 5) is 12.8. The van der Waals surface area contributed by atoms with Crippen molar-refractivity contribution in [3.8, 4) is 0 Å². The fourth-order valence-electron chi connectivity index (χ4n) is 1.90. The van der Waals surface area contributed by atoms with Crippen LogP contribution in [0.2, 0.25) is 0 Å². The van der Waals surface area contributed by atoms with Gasteiger partial charge in [0.25, 0.3) is 0 Å². The molecule has 0 atom stereocenters. The van der Waals surface area contributed by atoms with Crippen LogP contribution in [-0.4, -0.2) is 32.5 Å². The molecule has 0 saturated carbocycles. The number of nitrogens with zero attached hydrogens (tertiary/aromatic N) is 1. The van der Waals surface area contributed by atoms with Crippen LogP contribution in [0.5, 0.6) is 0 Å². The molecule has 0 unspecified atom stereocenters. The van der Waals surface area contributed by atoms with E-state index >= 15 is 0 Å². The molecule has 0 radical (unpaired) electrons. The van der Waals surface area contributed by atoms with E-state index in [-0.39, 0.29) is 0 Å². The topological polar surface area (TPSA) is 32.3 Å². The van der Waals surface area contributed by atoms with Crippen molar-refractivity contribution in [1.29, 1.82) is 0 Å². The van der Waals surface area contributed by atoms with Crippen LogP contribution in [0.1, 0.15) is 5.56 Å². The van der Waals surface area contributed by atoms with E-state index in [1.165, 1.54) is 5.69 Å². The van der Waals surface area contributed by atoms with E-state index in [4.69, 9.17) is 0 Å². The number of nitrogens with one attached hydrogen (secondary N) is 1. The Hall–Kier alpha value is -1.35. The van der Waals surface area contributed by atoms with Crippen molar-refractivity contribution in [3.05, 3.63) is 29.8 Å². The molecule has 1 fully saturated rings. The first-order valence-corrected chi connectivity index (χ1v) is 5.38. The first kappa shape index (κ1) is 10.2. The predicted molar refractivity (Wildman–Crippen MR) is 61.3 cm³/mol. The summed E-state index contributed by atoms with van der Waals surface area (Å²) in [6, 6.07) is 8.25. The Kier molecular flexibility index (Phi) is 3.35. The third-order valence-electron chi connectivity index (χ3n) is 2.71. The molecule has 2 rings (SSSR count). The summed E-state index contributed by atoms with van der Waals surface area (Å²) in [5.41, 5.74) is 2.33. The quantitative estimate of drug-likeness (QED) is 0.740. The molecule has 0 amide bonds. The van der Waals surface area contributed by atoms with E-state index in [2.05, 4.69) is 22.3 Å². The van der Waals surface area contributed by atoms with Crippen LogP contribution in [-0.2, 0) is 11.2 Å². The summed E-state index contributed by atoms with van der Waals surface area (Å²) < 4.78 is 0. The Morgan fingerprint density at radius 2 is 2.13 bits per heavy atom. The molecule has 1 N–H and O–H groups in total. The molecule has 0 bridgehead atoms. The highest BCUT2D eigenvalue weighted by Gasteiger charge is 2.09. The van der Waals surface area contributed by atoms with Gasteiger partial charge in [0.15, 0.2) is 0 Å². The fraction of sp³-hybridized carbons (Fsp3) is 0.417. The number of hydrogen-bond donors (Lipinski definition) is 1. The zero-order valence-corrected chi connectivity index (χ0v) is 8.78. The van der Waals surface area contributed by atoms with Crippen LogP contribution in [0, 0.1) is 0 Å². The van der Waals surface area contributed by atoms with Gasteiger partial charge < -0.3 is 15.0 Å². The van der Waals surface area contributed by atoms with Gasteiger partial charge in [-0.3, -0.25) is 0 Å². The number of hydrogen-bond acceptors (Lipinski definition) is 3. The third-order valence-corrected chi connectivity index (χ3v) is 2.71. The van der Waals surface area contributed by atoms with Gasteiger partial charge in [0.2, 0.25) is 0 Å². The molecule has 0 aromatic heterocycles. The highest BCUT2D eigenvalue weighted by Crippen LogP contribution is 2.16. The smallest absolute Gasteiger partial charge is 0.124 e. The molecule has 80 valence electrons. The second-order valence-electron chi connectivity index (χ2n) is 3.78. The number of carbonyl (C=O) groups excluding carboxylic acids is 1. The number of carbonyl (C=O) groups is 1. The van der Waals surface area contributed by atoms with Gasteiger partial charge >= 0.3 is 0 Å². The van der Waals surface area contributed by atoms with E-state index in [9.17, 15) is 4.79 Å². The lowest BCUT2D eigenvalue weighted by Gasteiger charge is -2.29. The molecule has 3 nitrogen and oxygen atoms in total. The molecule has 1 heterocycles. The van der Waals surface area contributed by atoms with E-state index in [0.29, 0.717) is 6.42 Å². The zero-order chi connectivity index (χ0) is 10.5. The molecule has 1 aliphatic rings. The van der Waals surface area contributed by atoms with Gasteiger partial charge in [-0.2, -0.15) is 0 Å². The van der Waals surface area contributed by atoms with E-state index < -0.39 is 0 Å². The normalized spacial score (nSPS) is 16.4. The average molecular weight is 204 g/mol. The molecule has 0 spiro atoms. The second kappa shape index (κ2) is 4.94. The summed E-state index contributed by atoms with van der Waals surface area (Å²) >= 11 is 0.